The maximum absolute atomic E-state index is 13.9. The van der Waals surface area contributed by atoms with Crippen molar-refractivity contribution in [2.75, 3.05) is 0 Å². The summed E-state index contributed by atoms with van der Waals surface area (Å²) in [6.07, 6.45) is 0. The monoisotopic (exact) mass is 305 g/mol. The Kier molecular flexibility index (Phi) is 3.08. The van der Waals surface area contributed by atoms with Crippen molar-refractivity contribution in [3.8, 4) is 22.7 Å². The molecule has 23 heavy (non-hydrogen) atoms. The van der Waals surface area contributed by atoms with Crippen LogP contribution in [0.25, 0.3) is 33.7 Å². The summed E-state index contributed by atoms with van der Waals surface area (Å²) in [5.74, 6) is 0.387. The van der Waals surface area contributed by atoms with E-state index in [-0.39, 0.29) is 5.82 Å². The SMILES string of the molecule is Cc1ccc(-c2ccc(-c3cc4c(F)ccc(C)c4o3)[nH]2)cc1. The molecule has 1 N–H and O–H groups in total. The van der Waals surface area contributed by atoms with E-state index in [1.54, 1.807) is 12.1 Å². The number of hydrogen-bond donors (Lipinski definition) is 1. The van der Waals surface area contributed by atoms with E-state index in [9.17, 15) is 4.39 Å². The average molecular weight is 305 g/mol. The first-order valence-electron chi connectivity index (χ1n) is 7.57. The summed E-state index contributed by atoms with van der Waals surface area (Å²) < 4.78 is 19.8. The fourth-order valence-electron chi connectivity index (χ4n) is 2.80. The van der Waals surface area contributed by atoms with Gasteiger partial charge in [0.1, 0.15) is 11.4 Å². The molecule has 0 spiro atoms. The normalized spacial score (nSPS) is 11.3. The van der Waals surface area contributed by atoms with Crippen molar-refractivity contribution in [1.29, 1.82) is 0 Å². The van der Waals surface area contributed by atoms with Crippen LogP contribution in [0.3, 0.4) is 0 Å². The smallest absolute Gasteiger partial charge is 0.151 e. The van der Waals surface area contributed by atoms with Crippen molar-refractivity contribution >= 4 is 11.0 Å². The number of aromatic amines is 1. The van der Waals surface area contributed by atoms with Crippen molar-refractivity contribution in [3.05, 3.63) is 71.5 Å². The highest BCUT2D eigenvalue weighted by Crippen LogP contribution is 2.32. The lowest BCUT2D eigenvalue weighted by Gasteiger charge is -1.99. The maximum atomic E-state index is 13.9. The van der Waals surface area contributed by atoms with E-state index in [0.717, 1.165) is 22.5 Å². The van der Waals surface area contributed by atoms with Crippen LogP contribution in [0.4, 0.5) is 4.39 Å². The number of benzene rings is 2. The predicted octanol–water partition coefficient (Wildman–Crippen LogP) is 5.85. The molecule has 0 bridgehead atoms. The van der Waals surface area contributed by atoms with Gasteiger partial charge in [0.05, 0.1) is 11.1 Å². The number of nitrogens with one attached hydrogen (secondary N) is 1. The molecule has 0 aliphatic carbocycles. The molecule has 4 aromatic rings. The van der Waals surface area contributed by atoms with Crippen LogP contribution in [0.1, 0.15) is 11.1 Å². The zero-order valence-corrected chi connectivity index (χ0v) is 13.0. The number of aryl methyl sites for hydroxylation is 2. The van der Waals surface area contributed by atoms with Crippen molar-refractivity contribution in [2.24, 2.45) is 0 Å². The molecule has 2 nitrogen and oxygen atoms in total. The number of rotatable bonds is 2. The Balaban J connectivity index is 1.78. The third-order valence-electron chi connectivity index (χ3n) is 4.14. The van der Waals surface area contributed by atoms with Gasteiger partial charge in [-0.05, 0) is 49.2 Å². The van der Waals surface area contributed by atoms with Gasteiger partial charge in [-0.15, -0.1) is 0 Å². The number of halogens is 1. The first kappa shape index (κ1) is 13.8. The Hall–Kier alpha value is -2.81. The molecule has 0 fully saturated rings. The Morgan fingerprint density at radius 2 is 1.61 bits per heavy atom. The molecule has 4 rings (SSSR count). The van der Waals surface area contributed by atoms with Crippen molar-refractivity contribution < 1.29 is 8.81 Å². The van der Waals surface area contributed by atoms with E-state index in [1.807, 2.05) is 19.1 Å². The summed E-state index contributed by atoms with van der Waals surface area (Å²) in [6.45, 7) is 3.98. The number of furan rings is 1. The lowest BCUT2D eigenvalue weighted by Crippen LogP contribution is -1.79. The highest BCUT2D eigenvalue weighted by Gasteiger charge is 2.13. The molecule has 0 unspecified atom stereocenters. The molecule has 114 valence electrons. The van der Waals surface area contributed by atoms with Gasteiger partial charge in [0, 0.05) is 5.69 Å². The molecular formula is C20H16FNO. The average Bonchev–Trinajstić information content (AvgIpc) is 3.19. The van der Waals surface area contributed by atoms with E-state index in [2.05, 4.69) is 36.2 Å². The second-order valence-electron chi connectivity index (χ2n) is 5.87. The third kappa shape index (κ3) is 2.34. The second-order valence-corrected chi connectivity index (χ2v) is 5.87. The Bertz CT molecular complexity index is 953. The highest BCUT2D eigenvalue weighted by molar-refractivity contribution is 5.85. The van der Waals surface area contributed by atoms with Crippen molar-refractivity contribution in [3.63, 3.8) is 0 Å². The van der Waals surface area contributed by atoms with Gasteiger partial charge in [-0.2, -0.15) is 0 Å². The van der Waals surface area contributed by atoms with Gasteiger partial charge in [0.15, 0.2) is 5.76 Å². The van der Waals surface area contributed by atoms with Crippen LogP contribution >= 0.6 is 0 Å². The predicted molar refractivity (Wildman–Crippen MR) is 90.9 cm³/mol. The minimum atomic E-state index is -0.258. The van der Waals surface area contributed by atoms with Gasteiger partial charge in [0.2, 0.25) is 0 Å². The fourth-order valence-corrected chi connectivity index (χ4v) is 2.80. The number of H-pyrrole nitrogens is 1. The zero-order valence-electron chi connectivity index (χ0n) is 13.0. The molecule has 3 heteroatoms. The molecule has 2 aromatic carbocycles. The van der Waals surface area contributed by atoms with Crippen molar-refractivity contribution in [1.82, 2.24) is 4.98 Å². The second kappa shape index (κ2) is 5.13. The zero-order chi connectivity index (χ0) is 16.0. The van der Waals surface area contributed by atoms with E-state index >= 15 is 0 Å². The number of aromatic nitrogens is 1. The molecule has 0 atom stereocenters. The fraction of sp³-hybridized carbons (Fsp3) is 0.100. The lowest BCUT2D eigenvalue weighted by molar-refractivity contribution is 0.618. The molecule has 0 saturated heterocycles. The van der Waals surface area contributed by atoms with Gasteiger partial charge < -0.3 is 9.40 Å². The molecule has 2 heterocycles. The minimum absolute atomic E-state index is 0.258. The van der Waals surface area contributed by atoms with Crippen LogP contribution in [0.2, 0.25) is 0 Å². The Morgan fingerprint density at radius 3 is 2.35 bits per heavy atom. The first-order valence-corrected chi connectivity index (χ1v) is 7.57. The lowest BCUT2D eigenvalue weighted by atomic mass is 10.1. The highest BCUT2D eigenvalue weighted by atomic mass is 19.1. The quantitative estimate of drug-likeness (QED) is 0.494. The van der Waals surface area contributed by atoms with Crippen LogP contribution in [-0.2, 0) is 0 Å². The molecule has 0 amide bonds. The molecule has 0 aliphatic heterocycles. The van der Waals surface area contributed by atoms with Gasteiger partial charge in [-0.25, -0.2) is 4.39 Å². The molecule has 0 saturated carbocycles. The van der Waals surface area contributed by atoms with Crippen LogP contribution < -0.4 is 0 Å². The van der Waals surface area contributed by atoms with E-state index < -0.39 is 0 Å². The standard InChI is InChI=1S/C20H16FNO/c1-12-3-6-14(7-4-12)17-9-10-18(22-17)19-11-15-16(21)8-5-13(2)20(15)23-19/h3-11,22H,1-2H3. The number of hydrogen-bond acceptors (Lipinski definition) is 1. The van der Waals surface area contributed by atoms with Gasteiger partial charge >= 0.3 is 0 Å². The maximum Gasteiger partial charge on any atom is 0.151 e. The molecule has 2 aromatic heterocycles. The largest absolute Gasteiger partial charge is 0.454 e. The van der Waals surface area contributed by atoms with Gasteiger partial charge in [-0.1, -0.05) is 35.9 Å². The summed E-state index contributed by atoms with van der Waals surface area (Å²) in [4.78, 5) is 3.35. The minimum Gasteiger partial charge on any atom is -0.454 e. The van der Waals surface area contributed by atoms with Gasteiger partial charge in [-0.3, -0.25) is 0 Å². The first-order chi connectivity index (χ1) is 11.1. The van der Waals surface area contributed by atoms with Gasteiger partial charge in [0.25, 0.3) is 0 Å². The summed E-state index contributed by atoms with van der Waals surface area (Å²) in [6, 6.07) is 17.2. The van der Waals surface area contributed by atoms with Crippen LogP contribution in [0.5, 0.6) is 0 Å². The summed E-state index contributed by atoms with van der Waals surface area (Å²) in [7, 11) is 0. The Morgan fingerprint density at radius 1 is 0.870 bits per heavy atom. The van der Waals surface area contributed by atoms with Crippen LogP contribution in [0, 0.1) is 19.7 Å². The topological polar surface area (TPSA) is 28.9 Å². The van der Waals surface area contributed by atoms with E-state index in [4.69, 9.17) is 4.42 Å². The summed E-state index contributed by atoms with van der Waals surface area (Å²) in [5.41, 5.74) is 5.72. The van der Waals surface area contributed by atoms with E-state index in [1.165, 1.54) is 11.6 Å². The van der Waals surface area contributed by atoms with Crippen molar-refractivity contribution in [2.45, 2.75) is 13.8 Å². The molecule has 0 aliphatic rings. The molecular weight excluding hydrogens is 289 g/mol. The molecule has 0 radical (unpaired) electrons. The van der Waals surface area contributed by atoms with E-state index in [0.29, 0.717) is 16.7 Å². The number of fused-ring (bicyclic) bond motifs is 1. The summed E-state index contributed by atoms with van der Waals surface area (Å²) >= 11 is 0. The Labute approximate surface area is 133 Å². The third-order valence-corrected chi connectivity index (χ3v) is 4.14. The summed E-state index contributed by atoms with van der Waals surface area (Å²) in [5, 5.41) is 0.520. The van der Waals surface area contributed by atoms with Crippen LogP contribution in [-0.4, -0.2) is 4.98 Å². The van der Waals surface area contributed by atoms with Crippen LogP contribution in [0.15, 0.2) is 59.0 Å².